The molecule has 2 aromatic carbocycles. The zero-order valence-corrected chi connectivity index (χ0v) is 11.5. The van der Waals surface area contributed by atoms with Crippen molar-refractivity contribution in [1.82, 2.24) is 0 Å². The Hall–Kier alpha value is -2.08. The Balaban J connectivity index is 2.29. The minimum absolute atomic E-state index is 1.04. The van der Waals surface area contributed by atoms with Crippen LogP contribution in [0.15, 0.2) is 72.8 Å². The van der Waals surface area contributed by atoms with Gasteiger partial charge < -0.3 is 0 Å². The van der Waals surface area contributed by atoms with Crippen molar-refractivity contribution in [2.45, 2.75) is 19.8 Å². The molecule has 0 aromatic heterocycles. The zero-order valence-electron chi connectivity index (χ0n) is 11.5. The molecule has 0 N–H and O–H groups in total. The van der Waals surface area contributed by atoms with E-state index in [9.17, 15) is 0 Å². The standard InChI is InChI=1S/C19H20/c1-16(2)13-14-19(18-11-7-4-8-12-18)15-17-9-5-3-6-10-17/h3-12,15H,1,13-14H2,2H3/b19-15-. The Bertz CT molecular complexity index is 547. The number of hydrogen-bond acceptors (Lipinski definition) is 0. The van der Waals surface area contributed by atoms with E-state index in [1.54, 1.807) is 0 Å². The molecule has 0 atom stereocenters. The molecule has 0 bridgehead atoms. The second-order valence-corrected chi connectivity index (χ2v) is 4.90. The first-order valence-corrected chi connectivity index (χ1v) is 6.71. The summed E-state index contributed by atoms with van der Waals surface area (Å²) in [6.07, 6.45) is 4.35. The fourth-order valence-electron chi connectivity index (χ4n) is 2.05. The average molecular weight is 248 g/mol. The van der Waals surface area contributed by atoms with Gasteiger partial charge in [-0.1, -0.05) is 72.3 Å². The molecule has 0 aliphatic heterocycles. The van der Waals surface area contributed by atoms with E-state index >= 15 is 0 Å². The van der Waals surface area contributed by atoms with Gasteiger partial charge in [-0.25, -0.2) is 0 Å². The van der Waals surface area contributed by atoms with Crippen LogP contribution in [0.4, 0.5) is 0 Å². The molecule has 0 aliphatic rings. The van der Waals surface area contributed by atoms with Crippen LogP contribution in [0.3, 0.4) is 0 Å². The monoisotopic (exact) mass is 248 g/mol. The van der Waals surface area contributed by atoms with Crippen molar-refractivity contribution >= 4 is 11.6 Å². The highest BCUT2D eigenvalue weighted by Crippen LogP contribution is 2.24. The van der Waals surface area contributed by atoms with Crippen molar-refractivity contribution in [2.75, 3.05) is 0 Å². The number of benzene rings is 2. The first kappa shape index (κ1) is 13.4. The van der Waals surface area contributed by atoms with Gasteiger partial charge in [-0.2, -0.15) is 0 Å². The van der Waals surface area contributed by atoms with Crippen molar-refractivity contribution in [1.29, 1.82) is 0 Å². The Morgan fingerprint density at radius 1 is 0.895 bits per heavy atom. The van der Waals surface area contributed by atoms with Crippen LogP contribution < -0.4 is 0 Å². The molecule has 19 heavy (non-hydrogen) atoms. The van der Waals surface area contributed by atoms with Gasteiger partial charge in [-0.3, -0.25) is 0 Å². The Morgan fingerprint density at radius 3 is 2.05 bits per heavy atom. The molecule has 0 saturated heterocycles. The lowest BCUT2D eigenvalue weighted by Crippen LogP contribution is -1.86. The molecule has 0 heterocycles. The summed E-state index contributed by atoms with van der Waals surface area (Å²) in [7, 11) is 0. The van der Waals surface area contributed by atoms with E-state index in [1.165, 1.54) is 22.3 Å². The second-order valence-electron chi connectivity index (χ2n) is 4.90. The summed E-state index contributed by atoms with van der Waals surface area (Å²) in [4.78, 5) is 0. The van der Waals surface area contributed by atoms with Gasteiger partial charge in [0.15, 0.2) is 0 Å². The lowest BCUT2D eigenvalue weighted by atomic mass is 9.97. The van der Waals surface area contributed by atoms with Crippen molar-refractivity contribution in [3.05, 3.63) is 83.9 Å². The van der Waals surface area contributed by atoms with Gasteiger partial charge >= 0.3 is 0 Å². The highest BCUT2D eigenvalue weighted by atomic mass is 14.1. The molecule has 0 spiro atoms. The van der Waals surface area contributed by atoms with Crippen molar-refractivity contribution in [2.24, 2.45) is 0 Å². The molecule has 0 fully saturated rings. The molecule has 0 aliphatic carbocycles. The van der Waals surface area contributed by atoms with Crippen LogP contribution in [0.1, 0.15) is 30.9 Å². The summed E-state index contributed by atoms with van der Waals surface area (Å²) in [6, 6.07) is 21.1. The molecular weight excluding hydrogens is 228 g/mol. The molecule has 0 radical (unpaired) electrons. The summed E-state index contributed by atoms with van der Waals surface area (Å²) >= 11 is 0. The smallest absolute Gasteiger partial charge is 0.0224 e. The van der Waals surface area contributed by atoms with Crippen LogP contribution in [0, 0.1) is 0 Å². The predicted molar refractivity (Wildman–Crippen MR) is 84.8 cm³/mol. The van der Waals surface area contributed by atoms with Crippen LogP contribution in [0.5, 0.6) is 0 Å². The number of allylic oxidation sites excluding steroid dienone is 2. The van der Waals surface area contributed by atoms with Crippen LogP contribution in [-0.4, -0.2) is 0 Å². The minimum atomic E-state index is 1.04. The summed E-state index contributed by atoms with van der Waals surface area (Å²) < 4.78 is 0. The van der Waals surface area contributed by atoms with Gasteiger partial charge in [0.1, 0.15) is 0 Å². The second kappa shape index (κ2) is 6.75. The van der Waals surface area contributed by atoms with Crippen molar-refractivity contribution in [3.63, 3.8) is 0 Å². The predicted octanol–water partition coefficient (Wildman–Crippen LogP) is 5.58. The average Bonchev–Trinajstić information content (AvgIpc) is 2.45. The third-order valence-electron chi connectivity index (χ3n) is 3.11. The quantitative estimate of drug-likeness (QED) is 0.478. The van der Waals surface area contributed by atoms with Crippen LogP contribution in [0.2, 0.25) is 0 Å². The maximum atomic E-state index is 4.00. The van der Waals surface area contributed by atoms with Crippen LogP contribution in [0.25, 0.3) is 11.6 Å². The van der Waals surface area contributed by atoms with Crippen LogP contribution in [-0.2, 0) is 0 Å². The fraction of sp³-hybridized carbons (Fsp3) is 0.158. The fourth-order valence-corrected chi connectivity index (χ4v) is 2.05. The third kappa shape index (κ3) is 4.26. The van der Waals surface area contributed by atoms with E-state index in [4.69, 9.17) is 0 Å². The van der Waals surface area contributed by atoms with E-state index < -0.39 is 0 Å². The Labute approximate surface area is 116 Å². The van der Waals surface area contributed by atoms with E-state index in [0.717, 1.165) is 12.8 Å². The van der Waals surface area contributed by atoms with Gasteiger partial charge in [0.2, 0.25) is 0 Å². The summed E-state index contributed by atoms with van der Waals surface area (Å²) in [5, 5.41) is 0. The van der Waals surface area contributed by atoms with Gasteiger partial charge in [-0.05, 0) is 36.5 Å². The maximum absolute atomic E-state index is 4.00. The van der Waals surface area contributed by atoms with Crippen molar-refractivity contribution in [3.8, 4) is 0 Å². The minimum Gasteiger partial charge on any atom is -0.100 e. The topological polar surface area (TPSA) is 0 Å². The molecular formula is C19H20. The van der Waals surface area contributed by atoms with Crippen molar-refractivity contribution < 1.29 is 0 Å². The normalized spacial score (nSPS) is 11.3. The summed E-state index contributed by atoms with van der Waals surface area (Å²) in [5.74, 6) is 0. The molecule has 0 nitrogen and oxygen atoms in total. The summed E-state index contributed by atoms with van der Waals surface area (Å²) in [5.41, 5.74) is 5.15. The van der Waals surface area contributed by atoms with Gasteiger partial charge in [0, 0.05) is 0 Å². The molecule has 0 amide bonds. The Morgan fingerprint density at radius 2 is 1.47 bits per heavy atom. The molecule has 0 saturated carbocycles. The first-order chi connectivity index (χ1) is 9.25. The molecule has 96 valence electrons. The zero-order chi connectivity index (χ0) is 13.5. The van der Waals surface area contributed by atoms with E-state index in [-0.39, 0.29) is 0 Å². The largest absolute Gasteiger partial charge is 0.100 e. The maximum Gasteiger partial charge on any atom is -0.0224 e. The lowest BCUT2D eigenvalue weighted by Gasteiger charge is -2.08. The molecule has 0 heteroatoms. The van der Waals surface area contributed by atoms with Gasteiger partial charge in [-0.15, -0.1) is 6.58 Å². The SMILES string of the molecule is C=C(C)CC/C(=C/c1ccccc1)c1ccccc1. The van der Waals surface area contributed by atoms with E-state index in [0.29, 0.717) is 0 Å². The van der Waals surface area contributed by atoms with Gasteiger partial charge in [0.05, 0.1) is 0 Å². The summed E-state index contributed by atoms with van der Waals surface area (Å²) in [6.45, 7) is 6.09. The molecule has 2 rings (SSSR count). The third-order valence-corrected chi connectivity index (χ3v) is 3.11. The number of rotatable bonds is 5. The highest BCUT2D eigenvalue weighted by Gasteiger charge is 2.02. The van der Waals surface area contributed by atoms with Gasteiger partial charge in [0.25, 0.3) is 0 Å². The van der Waals surface area contributed by atoms with E-state index in [2.05, 4.69) is 74.2 Å². The molecule has 0 unspecified atom stereocenters. The molecule has 2 aromatic rings. The van der Waals surface area contributed by atoms with E-state index in [1.807, 2.05) is 6.07 Å². The lowest BCUT2D eigenvalue weighted by molar-refractivity contribution is 1.00. The first-order valence-electron chi connectivity index (χ1n) is 6.71. The van der Waals surface area contributed by atoms with Crippen LogP contribution >= 0.6 is 0 Å². The number of hydrogen-bond donors (Lipinski definition) is 0. The highest BCUT2D eigenvalue weighted by molar-refractivity contribution is 5.81. The Kier molecular flexibility index (Phi) is 4.74.